The van der Waals surface area contributed by atoms with E-state index in [-0.39, 0.29) is 7.43 Å². The van der Waals surface area contributed by atoms with Gasteiger partial charge in [-0.1, -0.05) is 7.43 Å². The Hall–Kier alpha value is -0.740. The summed E-state index contributed by atoms with van der Waals surface area (Å²) in [7, 11) is 0. The highest BCUT2D eigenvalue weighted by atomic mass is 19.4. The second-order valence-corrected chi connectivity index (χ2v) is 0.785. The van der Waals surface area contributed by atoms with E-state index in [1.54, 1.807) is 0 Å². The Labute approximate surface area is 43.9 Å². The van der Waals surface area contributed by atoms with Crippen molar-refractivity contribution in [1.82, 2.24) is 0 Å². The molecule has 0 saturated heterocycles. The number of hydrogen-bond acceptors (Lipinski definition) is 2. The van der Waals surface area contributed by atoms with E-state index < -0.39 is 12.1 Å². The first-order valence-electron chi connectivity index (χ1n) is 1.23. The molecule has 2 nitrogen and oxygen atoms in total. The summed E-state index contributed by atoms with van der Waals surface area (Å²) < 4.78 is 31.5. The van der Waals surface area contributed by atoms with Crippen LogP contribution < -0.4 is 5.11 Å². The van der Waals surface area contributed by atoms with Crippen LogP contribution in [0.4, 0.5) is 13.2 Å². The highest BCUT2D eigenvalue weighted by molar-refractivity contribution is 5.70. The van der Waals surface area contributed by atoms with Crippen molar-refractivity contribution >= 4 is 5.97 Å². The summed E-state index contributed by atoms with van der Waals surface area (Å²) in [6, 6.07) is 0. The molecule has 0 aromatic carbocycles. The van der Waals surface area contributed by atoms with Crippen LogP contribution in [0, 0.1) is 0 Å². The van der Waals surface area contributed by atoms with E-state index >= 15 is 0 Å². The quantitative estimate of drug-likeness (QED) is 0.459. The summed E-state index contributed by atoms with van der Waals surface area (Å²) >= 11 is 0. The van der Waals surface area contributed by atoms with Gasteiger partial charge in [0.1, 0.15) is 5.97 Å². The molecule has 0 radical (unpaired) electrons. The maximum Gasteiger partial charge on any atom is 0.430 e. The van der Waals surface area contributed by atoms with Crippen LogP contribution in [0.15, 0.2) is 0 Å². The molecule has 0 aromatic rings. The number of carbonyl (C=O) groups is 1. The number of aliphatic carboxylic acids is 1. The lowest BCUT2D eigenvalue weighted by atomic mass is 10.7. The van der Waals surface area contributed by atoms with Crippen molar-refractivity contribution in [1.29, 1.82) is 0 Å². The summed E-state index contributed by atoms with van der Waals surface area (Å²) in [5.41, 5.74) is 0. The molecular weight excluding hydrogens is 125 g/mol. The normalized spacial score (nSPS) is 9.88. The second-order valence-electron chi connectivity index (χ2n) is 0.785. The van der Waals surface area contributed by atoms with Crippen LogP contribution in [0.2, 0.25) is 0 Å². The summed E-state index contributed by atoms with van der Waals surface area (Å²) in [4.78, 5) is 8.78. The van der Waals surface area contributed by atoms with Crippen LogP contribution >= 0.6 is 0 Å². The molecule has 0 aliphatic heterocycles. The molecule has 0 aromatic heterocycles. The smallest absolute Gasteiger partial charge is 0.430 e. The lowest BCUT2D eigenvalue weighted by Gasteiger charge is -2.03. The van der Waals surface area contributed by atoms with Crippen LogP contribution in [-0.4, -0.2) is 12.1 Å². The minimum Gasteiger partial charge on any atom is -0.542 e. The molecule has 8 heavy (non-hydrogen) atoms. The SMILES string of the molecule is C.O=C([O-])C(F)(F)F. The van der Waals surface area contributed by atoms with E-state index in [2.05, 4.69) is 0 Å². The zero-order valence-corrected chi connectivity index (χ0v) is 2.95. The Morgan fingerprint density at radius 1 is 1.38 bits per heavy atom. The standard InChI is InChI=1S/C2HF3O2.CH4/c3-2(4,5)1(6)7;/h(H,6,7);1H4/p-1. The molecule has 0 spiro atoms. The topological polar surface area (TPSA) is 40.1 Å². The van der Waals surface area contributed by atoms with E-state index in [1.807, 2.05) is 0 Å². The Morgan fingerprint density at radius 3 is 1.50 bits per heavy atom. The minimum atomic E-state index is -5.19. The third kappa shape index (κ3) is 3.45. The maximum absolute atomic E-state index is 10.5. The summed E-state index contributed by atoms with van der Waals surface area (Å²) in [6.45, 7) is 0. The van der Waals surface area contributed by atoms with Gasteiger partial charge in [-0.05, 0) is 0 Å². The summed E-state index contributed by atoms with van der Waals surface area (Å²) in [5, 5.41) is 8.78. The Balaban J connectivity index is 0. The largest absolute Gasteiger partial charge is 0.542 e. The van der Waals surface area contributed by atoms with Gasteiger partial charge in [0.25, 0.3) is 0 Å². The number of alkyl halides is 3. The van der Waals surface area contributed by atoms with Crippen LogP contribution in [0.1, 0.15) is 7.43 Å². The first-order valence-corrected chi connectivity index (χ1v) is 1.23. The van der Waals surface area contributed by atoms with Gasteiger partial charge in [0, 0.05) is 0 Å². The average Bonchev–Trinajstić information content (AvgIpc) is 1.31. The van der Waals surface area contributed by atoms with Gasteiger partial charge in [0.15, 0.2) is 0 Å². The number of carboxylic acids is 1. The molecule has 0 heterocycles. The van der Waals surface area contributed by atoms with Gasteiger partial charge in [-0.15, -0.1) is 0 Å². The molecule has 0 atom stereocenters. The van der Waals surface area contributed by atoms with Crippen LogP contribution in [0.5, 0.6) is 0 Å². The molecule has 0 unspecified atom stereocenters. The zero-order valence-electron chi connectivity index (χ0n) is 2.95. The van der Waals surface area contributed by atoms with Crippen LogP contribution in [0.3, 0.4) is 0 Å². The lowest BCUT2D eigenvalue weighted by molar-refractivity contribution is -0.344. The van der Waals surface area contributed by atoms with Crippen molar-refractivity contribution in [3.8, 4) is 0 Å². The fraction of sp³-hybridized carbons (Fsp3) is 0.667. The molecule has 0 amide bonds. The highest BCUT2D eigenvalue weighted by Gasteiger charge is 2.28. The predicted octanol–water partition coefficient (Wildman–Crippen LogP) is -0.0653. The van der Waals surface area contributed by atoms with E-state index in [0.29, 0.717) is 0 Å². The third-order valence-corrected chi connectivity index (χ3v) is 0.231. The van der Waals surface area contributed by atoms with E-state index in [1.165, 1.54) is 0 Å². The van der Waals surface area contributed by atoms with E-state index in [4.69, 9.17) is 9.90 Å². The molecule has 0 bridgehead atoms. The molecule has 0 saturated carbocycles. The van der Waals surface area contributed by atoms with Gasteiger partial charge >= 0.3 is 6.18 Å². The van der Waals surface area contributed by atoms with Crippen LogP contribution in [-0.2, 0) is 4.79 Å². The lowest BCUT2D eigenvalue weighted by Crippen LogP contribution is -2.37. The van der Waals surface area contributed by atoms with Gasteiger partial charge in [0.2, 0.25) is 0 Å². The summed E-state index contributed by atoms with van der Waals surface area (Å²) in [5.74, 6) is -3.01. The molecule has 50 valence electrons. The molecule has 5 heteroatoms. The number of carboxylic acid groups (broad SMARTS) is 1. The number of hydrogen-bond donors (Lipinski definition) is 0. The van der Waals surface area contributed by atoms with E-state index in [9.17, 15) is 13.2 Å². The maximum atomic E-state index is 10.5. The number of carbonyl (C=O) groups excluding carboxylic acids is 1. The van der Waals surface area contributed by atoms with Crippen molar-refractivity contribution in [3.63, 3.8) is 0 Å². The van der Waals surface area contributed by atoms with Crippen LogP contribution in [0.25, 0.3) is 0 Å². The molecule has 0 rings (SSSR count). The predicted molar refractivity (Wildman–Crippen MR) is 17.8 cm³/mol. The van der Waals surface area contributed by atoms with Gasteiger partial charge in [-0.2, -0.15) is 13.2 Å². The van der Waals surface area contributed by atoms with Gasteiger partial charge < -0.3 is 9.90 Å². The molecule has 0 N–H and O–H groups in total. The Bertz CT molecular complexity index is 85.0. The molecule has 0 aliphatic carbocycles. The van der Waals surface area contributed by atoms with Crippen molar-refractivity contribution in [3.05, 3.63) is 0 Å². The third-order valence-electron chi connectivity index (χ3n) is 0.231. The van der Waals surface area contributed by atoms with Gasteiger partial charge in [-0.25, -0.2) is 0 Å². The molecule has 0 aliphatic rings. The Morgan fingerprint density at radius 2 is 1.50 bits per heavy atom. The zero-order chi connectivity index (χ0) is 6.08. The highest BCUT2D eigenvalue weighted by Crippen LogP contribution is 2.11. The number of rotatable bonds is 0. The number of halogens is 3. The fourth-order valence-electron chi connectivity index (χ4n) is 0. The fourth-order valence-corrected chi connectivity index (χ4v) is 0. The summed E-state index contributed by atoms with van der Waals surface area (Å²) in [6.07, 6.45) is -5.19. The molecular formula is C3H4F3O2-. The monoisotopic (exact) mass is 129 g/mol. The van der Waals surface area contributed by atoms with E-state index in [0.717, 1.165) is 0 Å². The molecule has 0 fully saturated rings. The van der Waals surface area contributed by atoms with Gasteiger partial charge in [0.05, 0.1) is 0 Å². The van der Waals surface area contributed by atoms with Gasteiger partial charge in [-0.3, -0.25) is 0 Å². The minimum absolute atomic E-state index is 0. The second kappa shape index (κ2) is 2.54. The first-order chi connectivity index (χ1) is 2.94. The van der Waals surface area contributed by atoms with Crippen molar-refractivity contribution in [2.75, 3.05) is 0 Å². The van der Waals surface area contributed by atoms with Crippen molar-refractivity contribution in [2.24, 2.45) is 0 Å². The van der Waals surface area contributed by atoms with Crippen molar-refractivity contribution in [2.45, 2.75) is 13.6 Å². The first kappa shape index (κ1) is 10.3. The Kier molecular flexibility index (Phi) is 3.26. The average molecular weight is 129 g/mol. The van der Waals surface area contributed by atoms with Crippen molar-refractivity contribution < 1.29 is 23.1 Å².